The Labute approximate surface area is 115 Å². The van der Waals surface area contributed by atoms with Gasteiger partial charge in [-0.25, -0.2) is 0 Å². The summed E-state index contributed by atoms with van der Waals surface area (Å²) < 4.78 is 4.29. The standard InChI is InChI=1S/C15H24N4/c1-5-19-12(2)10-14(13(19)3)11-16-8-6-15-7-9-17-18(15)4/h7,9-10,16H,5-6,8,11H2,1-4H3. The molecule has 104 valence electrons. The van der Waals surface area contributed by atoms with Gasteiger partial charge in [-0.05, 0) is 38.5 Å². The second kappa shape index (κ2) is 6.06. The second-order valence-electron chi connectivity index (χ2n) is 5.01. The number of aromatic nitrogens is 3. The number of aryl methyl sites for hydroxylation is 2. The maximum atomic E-state index is 4.18. The van der Waals surface area contributed by atoms with Crippen molar-refractivity contribution in [2.24, 2.45) is 7.05 Å². The molecule has 2 rings (SSSR count). The van der Waals surface area contributed by atoms with Crippen LogP contribution in [-0.4, -0.2) is 20.9 Å². The summed E-state index contributed by atoms with van der Waals surface area (Å²) in [6, 6.07) is 4.36. The van der Waals surface area contributed by atoms with Gasteiger partial charge < -0.3 is 9.88 Å². The second-order valence-corrected chi connectivity index (χ2v) is 5.01. The van der Waals surface area contributed by atoms with Crippen molar-refractivity contribution in [2.45, 2.75) is 40.3 Å². The fourth-order valence-corrected chi connectivity index (χ4v) is 2.62. The Hall–Kier alpha value is -1.55. The molecule has 1 N–H and O–H groups in total. The molecule has 2 heterocycles. The molecule has 0 radical (unpaired) electrons. The molecule has 0 saturated carbocycles. The zero-order valence-corrected chi connectivity index (χ0v) is 12.4. The minimum atomic E-state index is 0.942. The Bertz CT molecular complexity index is 536. The molecule has 0 spiro atoms. The molecule has 0 aliphatic carbocycles. The molecule has 0 unspecified atom stereocenters. The van der Waals surface area contributed by atoms with Gasteiger partial charge in [-0.1, -0.05) is 0 Å². The summed E-state index contributed by atoms with van der Waals surface area (Å²) in [4.78, 5) is 0. The van der Waals surface area contributed by atoms with E-state index < -0.39 is 0 Å². The largest absolute Gasteiger partial charge is 0.349 e. The van der Waals surface area contributed by atoms with Gasteiger partial charge in [0.1, 0.15) is 0 Å². The highest BCUT2D eigenvalue weighted by molar-refractivity contribution is 5.26. The van der Waals surface area contributed by atoms with E-state index in [1.54, 1.807) is 0 Å². The number of nitrogens with zero attached hydrogens (tertiary/aromatic N) is 3. The van der Waals surface area contributed by atoms with E-state index in [1.807, 2.05) is 17.9 Å². The lowest BCUT2D eigenvalue weighted by atomic mass is 10.2. The summed E-state index contributed by atoms with van der Waals surface area (Å²) in [5.74, 6) is 0. The summed E-state index contributed by atoms with van der Waals surface area (Å²) >= 11 is 0. The van der Waals surface area contributed by atoms with Crippen LogP contribution in [0.5, 0.6) is 0 Å². The first kappa shape index (κ1) is 13.9. The van der Waals surface area contributed by atoms with Gasteiger partial charge in [0, 0.05) is 56.4 Å². The molecule has 19 heavy (non-hydrogen) atoms. The van der Waals surface area contributed by atoms with Crippen molar-refractivity contribution in [1.29, 1.82) is 0 Å². The Morgan fingerprint density at radius 2 is 2.11 bits per heavy atom. The average Bonchev–Trinajstić information content (AvgIpc) is 2.90. The van der Waals surface area contributed by atoms with Crippen molar-refractivity contribution in [3.63, 3.8) is 0 Å². The van der Waals surface area contributed by atoms with Crippen LogP contribution in [0, 0.1) is 13.8 Å². The molecular weight excluding hydrogens is 236 g/mol. The molecule has 0 aliphatic heterocycles. The van der Waals surface area contributed by atoms with Gasteiger partial charge >= 0.3 is 0 Å². The van der Waals surface area contributed by atoms with Crippen LogP contribution in [0.3, 0.4) is 0 Å². The zero-order chi connectivity index (χ0) is 13.8. The van der Waals surface area contributed by atoms with Crippen molar-refractivity contribution >= 4 is 0 Å². The first-order valence-corrected chi connectivity index (χ1v) is 6.96. The number of rotatable bonds is 6. The minimum absolute atomic E-state index is 0.942. The molecule has 0 bridgehead atoms. The highest BCUT2D eigenvalue weighted by Crippen LogP contribution is 2.14. The van der Waals surface area contributed by atoms with Gasteiger partial charge in [-0.15, -0.1) is 0 Å². The normalized spacial score (nSPS) is 11.2. The first-order chi connectivity index (χ1) is 9.13. The molecule has 0 aromatic carbocycles. The molecule has 0 aliphatic rings. The monoisotopic (exact) mass is 260 g/mol. The van der Waals surface area contributed by atoms with Crippen LogP contribution < -0.4 is 5.32 Å². The fourth-order valence-electron chi connectivity index (χ4n) is 2.62. The van der Waals surface area contributed by atoms with E-state index in [-0.39, 0.29) is 0 Å². The molecular formula is C15H24N4. The molecule has 0 fully saturated rings. The van der Waals surface area contributed by atoms with Crippen LogP contribution in [0.2, 0.25) is 0 Å². The average molecular weight is 260 g/mol. The summed E-state index contributed by atoms with van der Waals surface area (Å²) in [5.41, 5.74) is 5.41. The highest BCUT2D eigenvalue weighted by atomic mass is 15.3. The van der Waals surface area contributed by atoms with Crippen molar-refractivity contribution < 1.29 is 0 Å². The van der Waals surface area contributed by atoms with Crippen LogP contribution >= 0.6 is 0 Å². The van der Waals surface area contributed by atoms with E-state index in [1.165, 1.54) is 22.6 Å². The maximum absolute atomic E-state index is 4.18. The van der Waals surface area contributed by atoms with Gasteiger partial charge in [0.05, 0.1) is 0 Å². The number of hydrogen-bond acceptors (Lipinski definition) is 2. The lowest BCUT2D eigenvalue weighted by Gasteiger charge is -2.07. The van der Waals surface area contributed by atoms with E-state index in [4.69, 9.17) is 0 Å². The number of hydrogen-bond donors (Lipinski definition) is 1. The fraction of sp³-hybridized carbons (Fsp3) is 0.533. The van der Waals surface area contributed by atoms with Crippen LogP contribution in [0.1, 0.15) is 29.6 Å². The molecule has 2 aromatic heterocycles. The van der Waals surface area contributed by atoms with E-state index in [0.29, 0.717) is 0 Å². The van der Waals surface area contributed by atoms with Gasteiger partial charge in [-0.3, -0.25) is 4.68 Å². The first-order valence-electron chi connectivity index (χ1n) is 6.96. The summed E-state index contributed by atoms with van der Waals surface area (Å²) in [6.45, 7) is 9.55. The lowest BCUT2D eigenvalue weighted by molar-refractivity contribution is 0.638. The highest BCUT2D eigenvalue weighted by Gasteiger charge is 2.07. The Morgan fingerprint density at radius 3 is 2.68 bits per heavy atom. The van der Waals surface area contributed by atoms with Crippen molar-refractivity contribution in [2.75, 3.05) is 6.54 Å². The maximum Gasteiger partial charge on any atom is 0.0492 e. The van der Waals surface area contributed by atoms with Crippen LogP contribution in [0.4, 0.5) is 0 Å². The lowest BCUT2D eigenvalue weighted by Crippen LogP contribution is -2.18. The van der Waals surface area contributed by atoms with Gasteiger partial charge in [-0.2, -0.15) is 5.10 Å². The zero-order valence-electron chi connectivity index (χ0n) is 12.4. The topological polar surface area (TPSA) is 34.8 Å². The van der Waals surface area contributed by atoms with E-state index >= 15 is 0 Å². The summed E-state index contributed by atoms with van der Waals surface area (Å²) in [5, 5.41) is 7.70. The molecule has 4 nitrogen and oxygen atoms in total. The van der Waals surface area contributed by atoms with Gasteiger partial charge in [0.15, 0.2) is 0 Å². The Balaban J connectivity index is 1.85. The molecule has 0 atom stereocenters. The van der Waals surface area contributed by atoms with Crippen molar-refractivity contribution in [3.8, 4) is 0 Å². The molecule has 4 heteroatoms. The van der Waals surface area contributed by atoms with Crippen LogP contribution in [0.25, 0.3) is 0 Å². The Kier molecular flexibility index (Phi) is 4.43. The minimum Gasteiger partial charge on any atom is -0.349 e. The van der Waals surface area contributed by atoms with Crippen molar-refractivity contribution in [1.82, 2.24) is 19.7 Å². The van der Waals surface area contributed by atoms with E-state index in [2.05, 4.69) is 47.9 Å². The Morgan fingerprint density at radius 1 is 1.32 bits per heavy atom. The molecule has 0 amide bonds. The summed E-state index contributed by atoms with van der Waals surface area (Å²) in [7, 11) is 1.99. The predicted octanol–water partition coefficient (Wildman–Crippen LogP) is 2.19. The SMILES string of the molecule is CCn1c(C)cc(CNCCc2ccnn2C)c1C. The van der Waals surface area contributed by atoms with Gasteiger partial charge in [0.25, 0.3) is 0 Å². The summed E-state index contributed by atoms with van der Waals surface area (Å²) in [6.07, 6.45) is 2.87. The van der Waals surface area contributed by atoms with E-state index in [0.717, 1.165) is 26.1 Å². The predicted molar refractivity (Wildman–Crippen MR) is 78.2 cm³/mol. The number of nitrogens with one attached hydrogen (secondary N) is 1. The molecule has 0 saturated heterocycles. The van der Waals surface area contributed by atoms with Gasteiger partial charge in [0.2, 0.25) is 0 Å². The molecule has 2 aromatic rings. The van der Waals surface area contributed by atoms with E-state index in [9.17, 15) is 0 Å². The van der Waals surface area contributed by atoms with Crippen molar-refractivity contribution in [3.05, 3.63) is 41.0 Å². The quantitative estimate of drug-likeness (QED) is 0.808. The van der Waals surface area contributed by atoms with Crippen LogP contribution in [-0.2, 0) is 26.6 Å². The third kappa shape index (κ3) is 3.07. The third-order valence-corrected chi connectivity index (χ3v) is 3.79. The third-order valence-electron chi connectivity index (χ3n) is 3.79. The smallest absolute Gasteiger partial charge is 0.0492 e. The van der Waals surface area contributed by atoms with Crippen LogP contribution in [0.15, 0.2) is 18.3 Å².